The van der Waals surface area contributed by atoms with Crippen LogP contribution in [0.3, 0.4) is 0 Å². The number of hydrogen-bond donors (Lipinski definition) is 0. The van der Waals surface area contributed by atoms with Crippen molar-refractivity contribution in [3.8, 4) is 0 Å². The van der Waals surface area contributed by atoms with Crippen LogP contribution in [-0.2, 0) is 9.84 Å². The van der Waals surface area contributed by atoms with E-state index in [2.05, 4.69) is 0 Å². The van der Waals surface area contributed by atoms with E-state index in [1.54, 1.807) is 18.2 Å². The maximum atomic E-state index is 11.1. The second kappa shape index (κ2) is 3.49. The summed E-state index contributed by atoms with van der Waals surface area (Å²) in [7, 11) is -3.05. The van der Waals surface area contributed by atoms with Gasteiger partial charge in [-0.25, -0.2) is 8.42 Å². The minimum absolute atomic E-state index is 0.384. The molecule has 0 bridgehead atoms. The molecular weight excluding hydrogens is 192 g/mol. The van der Waals surface area contributed by atoms with Crippen LogP contribution in [0.25, 0.3) is 0 Å². The number of thioether (sulfide) groups is 1. The van der Waals surface area contributed by atoms with Crippen LogP contribution >= 0.6 is 11.8 Å². The van der Waals surface area contributed by atoms with Gasteiger partial charge in [-0.1, -0.05) is 6.07 Å². The molecule has 0 heterocycles. The number of benzene rings is 1. The van der Waals surface area contributed by atoms with E-state index in [0.717, 1.165) is 4.90 Å². The fraction of sp³-hybridized carbons (Fsp3) is 0.250. The van der Waals surface area contributed by atoms with E-state index in [0.29, 0.717) is 4.90 Å². The Kier molecular flexibility index (Phi) is 2.80. The molecule has 0 aliphatic heterocycles. The van der Waals surface area contributed by atoms with E-state index < -0.39 is 9.84 Å². The molecule has 0 atom stereocenters. The Morgan fingerprint density at radius 2 is 2.00 bits per heavy atom. The monoisotopic (exact) mass is 202 g/mol. The van der Waals surface area contributed by atoms with E-state index >= 15 is 0 Å². The maximum absolute atomic E-state index is 11.1. The van der Waals surface area contributed by atoms with Crippen molar-refractivity contribution < 1.29 is 8.42 Å². The number of sulfone groups is 1. The van der Waals surface area contributed by atoms with Gasteiger partial charge in [0.2, 0.25) is 0 Å². The average Bonchev–Trinajstić information content (AvgIpc) is 2.03. The lowest BCUT2D eigenvalue weighted by Crippen LogP contribution is -1.96. The van der Waals surface area contributed by atoms with Crippen molar-refractivity contribution >= 4 is 21.6 Å². The quantitative estimate of drug-likeness (QED) is 0.686. The highest BCUT2D eigenvalue weighted by Gasteiger charge is 2.06. The van der Waals surface area contributed by atoms with Crippen LogP contribution in [0.2, 0.25) is 0 Å². The molecule has 0 N–H and O–H groups in total. The largest absolute Gasteiger partial charge is 0.224 e. The van der Waals surface area contributed by atoms with Crippen molar-refractivity contribution in [1.29, 1.82) is 0 Å². The van der Waals surface area contributed by atoms with Crippen LogP contribution in [0.1, 0.15) is 0 Å². The summed E-state index contributed by atoms with van der Waals surface area (Å²) in [6, 6.07) is 6.93. The highest BCUT2D eigenvalue weighted by atomic mass is 32.2. The van der Waals surface area contributed by atoms with Crippen LogP contribution in [-0.4, -0.2) is 20.9 Å². The summed E-state index contributed by atoms with van der Waals surface area (Å²) >= 11 is 1.53. The summed E-state index contributed by atoms with van der Waals surface area (Å²) in [4.78, 5) is 1.35. The van der Waals surface area contributed by atoms with Crippen molar-refractivity contribution in [2.75, 3.05) is 12.5 Å². The molecule has 0 amide bonds. The normalized spacial score (nSPS) is 11.5. The first-order valence-corrected chi connectivity index (χ1v) is 6.50. The Balaban J connectivity index is 3.20. The third kappa shape index (κ3) is 2.25. The summed E-state index contributed by atoms with van der Waals surface area (Å²) < 4.78 is 22.2. The highest BCUT2D eigenvalue weighted by Crippen LogP contribution is 2.18. The zero-order valence-corrected chi connectivity index (χ0v) is 8.58. The third-order valence-corrected chi connectivity index (χ3v) is 3.30. The molecule has 0 aromatic heterocycles. The van der Waals surface area contributed by atoms with Gasteiger partial charge in [-0.3, -0.25) is 0 Å². The second-order valence-electron chi connectivity index (χ2n) is 2.45. The maximum Gasteiger partial charge on any atom is 0.175 e. The number of rotatable bonds is 2. The molecule has 0 aliphatic rings. The lowest BCUT2D eigenvalue weighted by atomic mass is 10.4. The van der Waals surface area contributed by atoms with Crippen molar-refractivity contribution in [1.82, 2.24) is 0 Å². The first kappa shape index (κ1) is 9.61. The Labute approximate surface area is 76.9 Å². The van der Waals surface area contributed by atoms with Gasteiger partial charge >= 0.3 is 0 Å². The minimum Gasteiger partial charge on any atom is -0.224 e. The van der Waals surface area contributed by atoms with Gasteiger partial charge in [-0.2, -0.15) is 0 Å². The van der Waals surface area contributed by atoms with Gasteiger partial charge in [0.25, 0.3) is 0 Å². The highest BCUT2D eigenvalue weighted by molar-refractivity contribution is 7.98. The molecule has 12 heavy (non-hydrogen) atoms. The standard InChI is InChI=1S/C8H10O2S2/c1-11-7-4-3-5-8(6-7)12(2,9)10/h3-6H,1-2H3. The fourth-order valence-electron chi connectivity index (χ4n) is 0.832. The fourth-order valence-corrected chi connectivity index (χ4v) is 2.03. The zero-order valence-electron chi connectivity index (χ0n) is 6.94. The summed E-state index contributed by atoms with van der Waals surface area (Å²) in [6.45, 7) is 0. The molecule has 1 rings (SSSR count). The first-order valence-electron chi connectivity index (χ1n) is 3.38. The van der Waals surface area contributed by atoms with Crippen molar-refractivity contribution in [2.45, 2.75) is 9.79 Å². The molecule has 0 radical (unpaired) electrons. The summed E-state index contributed by atoms with van der Waals surface area (Å²) in [5, 5.41) is 0. The molecule has 0 aliphatic carbocycles. The van der Waals surface area contributed by atoms with Crippen molar-refractivity contribution in [3.63, 3.8) is 0 Å². The lowest BCUT2D eigenvalue weighted by Gasteiger charge is -1.99. The molecule has 0 spiro atoms. The van der Waals surface area contributed by atoms with Crippen molar-refractivity contribution in [3.05, 3.63) is 24.3 Å². The van der Waals surface area contributed by atoms with E-state index in [1.807, 2.05) is 12.3 Å². The molecule has 4 heteroatoms. The van der Waals surface area contributed by atoms with Crippen LogP contribution in [0, 0.1) is 0 Å². The summed E-state index contributed by atoms with van der Waals surface area (Å²) in [5.41, 5.74) is 0. The van der Waals surface area contributed by atoms with Gasteiger partial charge in [0.05, 0.1) is 4.90 Å². The lowest BCUT2D eigenvalue weighted by molar-refractivity contribution is 0.601. The smallest absolute Gasteiger partial charge is 0.175 e. The Bertz CT molecular complexity index is 368. The molecular formula is C8H10O2S2. The van der Waals surface area contributed by atoms with Crippen LogP contribution in [0.5, 0.6) is 0 Å². The molecule has 1 aromatic carbocycles. The van der Waals surface area contributed by atoms with Crippen LogP contribution in [0.15, 0.2) is 34.1 Å². The predicted octanol–water partition coefficient (Wildman–Crippen LogP) is 1.81. The van der Waals surface area contributed by atoms with E-state index in [4.69, 9.17) is 0 Å². The molecule has 0 saturated heterocycles. The third-order valence-electron chi connectivity index (χ3n) is 1.47. The molecule has 2 nitrogen and oxygen atoms in total. The average molecular weight is 202 g/mol. The Hall–Kier alpha value is -0.480. The minimum atomic E-state index is -3.05. The SMILES string of the molecule is CSc1cccc(S(C)(=O)=O)c1. The molecule has 0 unspecified atom stereocenters. The van der Waals surface area contributed by atoms with Crippen molar-refractivity contribution in [2.24, 2.45) is 0 Å². The van der Waals surface area contributed by atoms with E-state index in [1.165, 1.54) is 18.0 Å². The number of hydrogen-bond acceptors (Lipinski definition) is 3. The van der Waals surface area contributed by atoms with Gasteiger partial charge in [-0.05, 0) is 24.5 Å². The van der Waals surface area contributed by atoms with Crippen LogP contribution in [0.4, 0.5) is 0 Å². The Morgan fingerprint density at radius 3 is 2.50 bits per heavy atom. The second-order valence-corrected chi connectivity index (χ2v) is 5.35. The van der Waals surface area contributed by atoms with Crippen LogP contribution < -0.4 is 0 Å². The van der Waals surface area contributed by atoms with Gasteiger partial charge in [0.1, 0.15) is 0 Å². The molecule has 1 aromatic rings. The topological polar surface area (TPSA) is 34.1 Å². The predicted molar refractivity (Wildman–Crippen MR) is 51.3 cm³/mol. The zero-order chi connectivity index (χ0) is 9.19. The first-order chi connectivity index (χ1) is 5.54. The van der Waals surface area contributed by atoms with Gasteiger partial charge in [0, 0.05) is 11.2 Å². The van der Waals surface area contributed by atoms with E-state index in [9.17, 15) is 8.42 Å². The van der Waals surface area contributed by atoms with Gasteiger partial charge in [0.15, 0.2) is 9.84 Å². The molecule has 0 saturated carbocycles. The summed E-state index contributed by atoms with van der Waals surface area (Å²) in [5.74, 6) is 0. The molecule has 66 valence electrons. The van der Waals surface area contributed by atoms with E-state index in [-0.39, 0.29) is 0 Å². The van der Waals surface area contributed by atoms with Gasteiger partial charge < -0.3 is 0 Å². The Morgan fingerprint density at radius 1 is 1.33 bits per heavy atom. The summed E-state index contributed by atoms with van der Waals surface area (Å²) in [6.07, 6.45) is 3.13. The van der Waals surface area contributed by atoms with Gasteiger partial charge in [-0.15, -0.1) is 11.8 Å². The molecule has 0 fully saturated rings.